The number of alkyl halides is 2. The highest BCUT2D eigenvalue weighted by atomic mass is 79.9. The van der Waals surface area contributed by atoms with E-state index in [9.17, 15) is 18.7 Å². The Kier molecular flexibility index (Phi) is 6.49. The second kappa shape index (κ2) is 8.72. The Morgan fingerprint density at radius 2 is 2.07 bits per heavy atom. The number of hydrogen-bond donors (Lipinski definition) is 1. The Bertz CT molecular complexity index is 896. The van der Waals surface area contributed by atoms with Crippen LogP contribution in [0.25, 0.3) is 5.57 Å². The van der Waals surface area contributed by atoms with Crippen LogP contribution in [0.5, 0.6) is 5.75 Å². The molecule has 1 aromatic carbocycles. The number of carbonyl (C=O) groups is 1. The number of halogens is 3. The molecule has 0 aromatic heterocycles. The summed E-state index contributed by atoms with van der Waals surface area (Å²) in [5, 5.41) is 16.1. The zero-order chi connectivity index (χ0) is 21.2. The lowest BCUT2D eigenvalue weighted by atomic mass is 9.79. The van der Waals surface area contributed by atoms with Gasteiger partial charge in [-0.15, -0.1) is 5.92 Å². The largest absolute Gasteiger partial charge is 0.873 e. The van der Waals surface area contributed by atoms with Crippen molar-refractivity contribution >= 4 is 27.4 Å². The van der Waals surface area contributed by atoms with Gasteiger partial charge in [-0.3, -0.25) is 4.79 Å². The summed E-state index contributed by atoms with van der Waals surface area (Å²) in [6, 6.07) is 3.42. The number of methoxy groups -OCH3 is 1. The maximum Gasteiger partial charge on any atom is 0.261 e. The van der Waals surface area contributed by atoms with E-state index in [-0.39, 0.29) is 17.4 Å². The van der Waals surface area contributed by atoms with Gasteiger partial charge < -0.3 is 19.9 Å². The van der Waals surface area contributed by atoms with Gasteiger partial charge in [0.05, 0.1) is 18.8 Å². The first-order chi connectivity index (χ1) is 13.8. The van der Waals surface area contributed by atoms with E-state index in [1.807, 2.05) is 0 Å². The topological polar surface area (TPSA) is 70.6 Å². The summed E-state index contributed by atoms with van der Waals surface area (Å²) in [6.45, 7) is 1.09. The molecule has 3 rings (SSSR count). The Morgan fingerprint density at radius 1 is 1.38 bits per heavy atom. The average molecular weight is 469 g/mol. The number of nitrogens with one attached hydrogen (secondary N) is 1. The highest BCUT2D eigenvalue weighted by Gasteiger charge is 2.44. The van der Waals surface area contributed by atoms with Gasteiger partial charge in [0.1, 0.15) is 12.4 Å². The van der Waals surface area contributed by atoms with Gasteiger partial charge in [-0.25, -0.2) is 8.78 Å². The summed E-state index contributed by atoms with van der Waals surface area (Å²) in [5.41, 5.74) is 0.0998. The SMILES string of the molecule is CC#Cc1cc(Br)c(C2=C([O-])C3(CCC(OCC(F)F)CC3)NC2=O)c(OC)c1. The molecule has 0 bridgehead atoms. The molecule has 0 unspecified atom stereocenters. The number of amides is 1. The molecule has 5 nitrogen and oxygen atoms in total. The monoisotopic (exact) mass is 468 g/mol. The first-order valence-corrected chi connectivity index (χ1v) is 10.0. The highest BCUT2D eigenvalue weighted by molar-refractivity contribution is 9.10. The fourth-order valence-electron chi connectivity index (χ4n) is 3.92. The Morgan fingerprint density at radius 3 is 2.66 bits per heavy atom. The van der Waals surface area contributed by atoms with Gasteiger partial charge in [0.2, 0.25) is 0 Å². The zero-order valence-electron chi connectivity index (χ0n) is 16.1. The normalized spacial score (nSPS) is 23.9. The Labute approximate surface area is 176 Å². The minimum absolute atomic E-state index is 0.0386. The van der Waals surface area contributed by atoms with E-state index in [0.717, 1.165) is 0 Å². The number of rotatable bonds is 5. The van der Waals surface area contributed by atoms with Crippen molar-refractivity contribution in [1.82, 2.24) is 5.32 Å². The van der Waals surface area contributed by atoms with Gasteiger partial charge in [-0.1, -0.05) is 11.7 Å². The van der Waals surface area contributed by atoms with E-state index >= 15 is 0 Å². The Hall–Kier alpha value is -2.11. The molecule has 0 atom stereocenters. The van der Waals surface area contributed by atoms with Crippen molar-refractivity contribution in [2.24, 2.45) is 0 Å². The molecule has 8 heteroatoms. The molecule has 1 spiro atoms. The lowest BCUT2D eigenvalue weighted by Gasteiger charge is -2.41. The molecular weight excluding hydrogens is 448 g/mol. The van der Waals surface area contributed by atoms with E-state index in [1.165, 1.54) is 7.11 Å². The second-order valence-corrected chi connectivity index (χ2v) is 7.93. The molecular formula is C21H21BrF2NO4-. The van der Waals surface area contributed by atoms with Crippen LogP contribution in [0.3, 0.4) is 0 Å². The zero-order valence-corrected chi connectivity index (χ0v) is 17.7. The predicted octanol–water partition coefficient (Wildman–Crippen LogP) is 2.99. The van der Waals surface area contributed by atoms with Crippen molar-refractivity contribution in [3.05, 3.63) is 33.5 Å². The lowest BCUT2D eigenvalue weighted by Crippen LogP contribution is -2.50. The number of hydrogen-bond acceptors (Lipinski definition) is 4. The van der Waals surface area contributed by atoms with Gasteiger partial charge in [-0.05, 0) is 60.7 Å². The molecule has 1 saturated carbocycles. The van der Waals surface area contributed by atoms with Crippen LogP contribution in [0, 0.1) is 11.8 Å². The van der Waals surface area contributed by atoms with Gasteiger partial charge in [0.25, 0.3) is 12.3 Å². The van der Waals surface area contributed by atoms with Crippen molar-refractivity contribution < 1.29 is 28.2 Å². The fourth-order valence-corrected chi connectivity index (χ4v) is 4.56. The molecule has 1 aromatic rings. The summed E-state index contributed by atoms with van der Waals surface area (Å²) in [5.74, 6) is 5.33. The first kappa shape index (κ1) is 21.6. The summed E-state index contributed by atoms with van der Waals surface area (Å²) < 4.78 is 35.9. The third-order valence-corrected chi connectivity index (χ3v) is 5.90. The van der Waals surface area contributed by atoms with Crippen LogP contribution in [0.4, 0.5) is 8.78 Å². The number of ether oxygens (including phenoxy) is 2. The third kappa shape index (κ3) is 4.26. The van der Waals surface area contributed by atoms with Gasteiger partial charge in [-0.2, -0.15) is 0 Å². The van der Waals surface area contributed by atoms with Crippen LogP contribution >= 0.6 is 15.9 Å². The molecule has 1 amide bonds. The van der Waals surface area contributed by atoms with Crippen molar-refractivity contribution in [2.75, 3.05) is 13.7 Å². The second-order valence-electron chi connectivity index (χ2n) is 7.07. The third-order valence-electron chi connectivity index (χ3n) is 5.28. The van der Waals surface area contributed by atoms with Crippen molar-refractivity contribution in [3.63, 3.8) is 0 Å². The quantitative estimate of drug-likeness (QED) is 0.674. The number of carbonyl (C=O) groups excluding carboxylic acids is 1. The van der Waals surface area contributed by atoms with Gasteiger partial charge in [0.15, 0.2) is 0 Å². The van der Waals surface area contributed by atoms with Crippen molar-refractivity contribution in [1.29, 1.82) is 0 Å². The fraction of sp³-hybridized carbons (Fsp3) is 0.476. The average Bonchev–Trinajstić information content (AvgIpc) is 2.91. The molecule has 156 valence electrons. The van der Waals surface area contributed by atoms with Crippen LogP contribution in [0.2, 0.25) is 0 Å². The van der Waals surface area contributed by atoms with Crippen LogP contribution in [-0.4, -0.2) is 37.7 Å². The maximum atomic E-state index is 13.3. The highest BCUT2D eigenvalue weighted by Crippen LogP contribution is 2.44. The molecule has 1 heterocycles. The van der Waals surface area contributed by atoms with E-state index in [4.69, 9.17) is 9.47 Å². The van der Waals surface area contributed by atoms with Gasteiger partial charge >= 0.3 is 0 Å². The van der Waals surface area contributed by atoms with Crippen LogP contribution in [0.15, 0.2) is 22.4 Å². The minimum atomic E-state index is -2.52. The lowest BCUT2D eigenvalue weighted by molar-refractivity contribution is -0.317. The predicted molar refractivity (Wildman–Crippen MR) is 105 cm³/mol. The molecule has 2 aliphatic rings. The number of benzene rings is 1. The summed E-state index contributed by atoms with van der Waals surface area (Å²) in [6.07, 6.45) is -1.33. The van der Waals surface area contributed by atoms with Crippen LogP contribution in [-0.2, 0) is 9.53 Å². The summed E-state index contributed by atoms with van der Waals surface area (Å²) in [4.78, 5) is 12.8. The van der Waals surface area contributed by atoms with Crippen molar-refractivity contribution in [2.45, 2.75) is 50.7 Å². The van der Waals surface area contributed by atoms with Crippen molar-refractivity contribution in [3.8, 4) is 17.6 Å². The molecule has 1 N–H and O–H groups in total. The molecule has 1 aliphatic carbocycles. The first-order valence-electron chi connectivity index (χ1n) is 9.26. The van der Waals surface area contributed by atoms with Gasteiger partial charge in [0, 0.05) is 21.2 Å². The molecule has 29 heavy (non-hydrogen) atoms. The molecule has 0 saturated heterocycles. The van der Waals surface area contributed by atoms with E-state index in [0.29, 0.717) is 47.0 Å². The van der Waals surface area contributed by atoms with E-state index in [1.54, 1.807) is 19.1 Å². The van der Waals surface area contributed by atoms with Crippen LogP contribution < -0.4 is 15.2 Å². The minimum Gasteiger partial charge on any atom is -0.873 e. The summed E-state index contributed by atoms with van der Waals surface area (Å²) >= 11 is 3.44. The molecule has 1 aliphatic heterocycles. The molecule has 0 radical (unpaired) electrons. The summed E-state index contributed by atoms with van der Waals surface area (Å²) in [7, 11) is 1.47. The molecule has 1 fully saturated rings. The van der Waals surface area contributed by atoms with E-state index < -0.39 is 24.5 Å². The van der Waals surface area contributed by atoms with Crippen LogP contribution in [0.1, 0.15) is 43.7 Å². The smallest absolute Gasteiger partial charge is 0.261 e. The standard InChI is InChI=1S/C21H22BrF2NO4/c1-3-4-12-9-14(22)17(15(10-12)28-2)18-19(26)21(25-20(18)27)7-5-13(6-8-21)29-11-16(23)24/h9-10,13,16,26H,5-8,11H2,1-2H3,(H,25,27)/p-1. The van der Waals surface area contributed by atoms with E-state index in [2.05, 4.69) is 33.1 Å². The Balaban J connectivity index is 1.92. The maximum absolute atomic E-state index is 13.3.